The van der Waals surface area contributed by atoms with Gasteiger partial charge in [-0.3, -0.25) is 4.99 Å². The molecule has 0 atom stereocenters. The van der Waals surface area contributed by atoms with Gasteiger partial charge in [0.15, 0.2) is 5.96 Å². The van der Waals surface area contributed by atoms with Crippen molar-refractivity contribution >= 4 is 34.8 Å². The topological polar surface area (TPSA) is 65.4 Å². The predicted molar refractivity (Wildman–Crippen MR) is 119 cm³/mol. The number of benzene rings is 1. The van der Waals surface area contributed by atoms with Gasteiger partial charge in [-0.05, 0) is 46.0 Å². The molecular weight excluding hydrogens is 380 g/mol. The third kappa shape index (κ3) is 8.24. The Morgan fingerprint density at radius 3 is 2.67 bits per heavy atom. The molecule has 8 heteroatoms. The van der Waals surface area contributed by atoms with E-state index in [4.69, 9.17) is 0 Å². The summed E-state index contributed by atoms with van der Waals surface area (Å²) in [5, 5.41) is 17.0. The van der Waals surface area contributed by atoms with Crippen molar-refractivity contribution in [1.29, 1.82) is 0 Å². The molecule has 0 saturated heterocycles. The van der Waals surface area contributed by atoms with E-state index in [1.807, 2.05) is 12.1 Å². The van der Waals surface area contributed by atoms with Crippen LogP contribution in [-0.2, 0) is 0 Å². The van der Waals surface area contributed by atoms with Gasteiger partial charge in [0.2, 0.25) is 5.13 Å². The van der Waals surface area contributed by atoms with Gasteiger partial charge in [0.25, 0.3) is 0 Å². The average Bonchev–Trinajstić information content (AvgIpc) is 3.07. The van der Waals surface area contributed by atoms with Crippen molar-refractivity contribution in [3.05, 3.63) is 29.8 Å². The zero-order valence-corrected chi connectivity index (χ0v) is 18.3. The van der Waals surface area contributed by atoms with E-state index in [-0.39, 0.29) is 12.4 Å². The highest BCUT2D eigenvalue weighted by atomic mass is 35.5. The van der Waals surface area contributed by atoms with E-state index in [1.54, 1.807) is 11.3 Å². The monoisotopic (exact) mass is 410 g/mol. The molecule has 0 spiro atoms. The first-order valence-electron chi connectivity index (χ1n) is 9.19. The number of guanidine groups is 1. The fourth-order valence-corrected chi connectivity index (χ4v) is 3.23. The number of aryl methyl sites for hydroxylation is 1. The van der Waals surface area contributed by atoms with E-state index < -0.39 is 0 Å². The summed E-state index contributed by atoms with van der Waals surface area (Å²) in [7, 11) is 4.16. The zero-order chi connectivity index (χ0) is 18.8. The Kier molecular flexibility index (Phi) is 10.9. The number of aliphatic imine (C=N–C) groups is 1. The lowest BCUT2D eigenvalue weighted by molar-refractivity contribution is 0.403. The van der Waals surface area contributed by atoms with Gasteiger partial charge in [-0.2, -0.15) is 0 Å². The van der Waals surface area contributed by atoms with Crippen molar-refractivity contribution < 1.29 is 0 Å². The molecule has 0 aliphatic heterocycles. The number of hydrogen-bond donors (Lipinski definition) is 2. The zero-order valence-electron chi connectivity index (χ0n) is 16.7. The largest absolute Gasteiger partial charge is 0.356 e. The lowest BCUT2D eigenvalue weighted by Crippen LogP contribution is -2.32. The summed E-state index contributed by atoms with van der Waals surface area (Å²) in [6, 6.07) is 8.24. The molecular formula is C19H31ClN6S. The smallest absolute Gasteiger partial charge is 0.212 e. The Morgan fingerprint density at radius 2 is 1.96 bits per heavy atom. The first kappa shape index (κ1) is 23.3. The molecule has 0 aliphatic rings. The summed E-state index contributed by atoms with van der Waals surface area (Å²) < 4.78 is 0. The molecule has 2 rings (SSSR count). The second-order valence-corrected chi connectivity index (χ2v) is 7.50. The van der Waals surface area contributed by atoms with Gasteiger partial charge < -0.3 is 15.5 Å². The summed E-state index contributed by atoms with van der Waals surface area (Å²) in [6.07, 6.45) is 3.29. The highest BCUT2D eigenvalue weighted by Crippen LogP contribution is 2.28. The highest BCUT2D eigenvalue weighted by molar-refractivity contribution is 7.18. The van der Waals surface area contributed by atoms with Crippen LogP contribution in [0.15, 0.2) is 29.3 Å². The summed E-state index contributed by atoms with van der Waals surface area (Å²) in [5.74, 6) is 0.782. The normalized spacial score (nSPS) is 11.4. The first-order valence-corrected chi connectivity index (χ1v) is 10.0. The van der Waals surface area contributed by atoms with Crippen molar-refractivity contribution in [2.75, 3.05) is 39.0 Å². The number of aromatic nitrogens is 2. The van der Waals surface area contributed by atoms with Crippen LogP contribution < -0.4 is 10.6 Å². The first-order chi connectivity index (χ1) is 12.6. The molecule has 1 heterocycles. The van der Waals surface area contributed by atoms with Crippen LogP contribution in [0.5, 0.6) is 0 Å². The fourth-order valence-electron chi connectivity index (χ4n) is 2.40. The van der Waals surface area contributed by atoms with Crippen LogP contribution in [0.1, 0.15) is 31.7 Å². The summed E-state index contributed by atoms with van der Waals surface area (Å²) in [5.41, 5.74) is 2.33. The number of halogens is 1. The molecule has 1 aromatic heterocycles. The van der Waals surface area contributed by atoms with Gasteiger partial charge in [-0.1, -0.05) is 48.9 Å². The highest BCUT2D eigenvalue weighted by Gasteiger charge is 2.10. The van der Waals surface area contributed by atoms with Crippen molar-refractivity contribution in [3.63, 3.8) is 0 Å². The van der Waals surface area contributed by atoms with Gasteiger partial charge >= 0.3 is 0 Å². The molecule has 2 N–H and O–H groups in total. The maximum Gasteiger partial charge on any atom is 0.212 e. The lowest BCUT2D eigenvalue weighted by Gasteiger charge is -2.11. The predicted octanol–water partition coefficient (Wildman–Crippen LogP) is 4.04. The van der Waals surface area contributed by atoms with E-state index in [2.05, 4.69) is 70.8 Å². The number of anilines is 1. The van der Waals surface area contributed by atoms with Gasteiger partial charge in [-0.25, -0.2) is 0 Å². The molecule has 1 aromatic carbocycles. The molecule has 6 nitrogen and oxygen atoms in total. The Balaban J connectivity index is 0.00000364. The van der Waals surface area contributed by atoms with Crippen molar-refractivity contribution in [3.8, 4) is 10.6 Å². The van der Waals surface area contributed by atoms with E-state index in [1.165, 1.54) is 5.56 Å². The Hall–Kier alpha value is -1.70. The Bertz CT molecular complexity index is 701. The van der Waals surface area contributed by atoms with Gasteiger partial charge in [0.05, 0.1) is 0 Å². The third-order valence-electron chi connectivity index (χ3n) is 3.88. The molecule has 27 heavy (non-hydrogen) atoms. The van der Waals surface area contributed by atoms with Crippen LogP contribution >= 0.6 is 23.7 Å². The molecule has 2 aromatic rings. The molecule has 0 amide bonds. The van der Waals surface area contributed by atoms with Crippen molar-refractivity contribution in [2.45, 2.75) is 33.1 Å². The number of nitrogens with one attached hydrogen (secondary N) is 2. The van der Waals surface area contributed by atoms with E-state index in [0.29, 0.717) is 0 Å². The minimum Gasteiger partial charge on any atom is -0.356 e. The SMILES string of the molecule is CCCCNC(=NCCCN(C)C)Nc1nnc(-c2ccccc2C)s1.Cl. The second kappa shape index (κ2) is 12.6. The second-order valence-electron chi connectivity index (χ2n) is 6.52. The van der Waals surface area contributed by atoms with Crippen LogP contribution in [0.4, 0.5) is 5.13 Å². The van der Waals surface area contributed by atoms with E-state index in [9.17, 15) is 0 Å². The third-order valence-corrected chi connectivity index (χ3v) is 4.75. The molecule has 0 unspecified atom stereocenters. The van der Waals surface area contributed by atoms with Crippen LogP contribution in [0, 0.1) is 6.92 Å². The maximum absolute atomic E-state index is 4.67. The molecule has 0 radical (unpaired) electrons. The van der Waals surface area contributed by atoms with Crippen LogP contribution in [-0.4, -0.2) is 54.8 Å². The Morgan fingerprint density at radius 1 is 1.19 bits per heavy atom. The summed E-state index contributed by atoms with van der Waals surface area (Å²) in [6.45, 7) is 6.99. The molecule has 0 aliphatic carbocycles. The number of hydrogen-bond acceptors (Lipinski definition) is 5. The molecule has 0 fully saturated rings. The molecule has 0 saturated carbocycles. The van der Waals surface area contributed by atoms with Crippen LogP contribution in [0.25, 0.3) is 10.6 Å². The number of unbranched alkanes of at least 4 members (excludes halogenated alkanes) is 1. The lowest BCUT2D eigenvalue weighted by atomic mass is 10.1. The van der Waals surface area contributed by atoms with E-state index in [0.717, 1.165) is 60.6 Å². The maximum atomic E-state index is 4.67. The number of rotatable bonds is 9. The van der Waals surface area contributed by atoms with E-state index >= 15 is 0 Å². The minimum absolute atomic E-state index is 0. The van der Waals surface area contributed by atoms with Gasteiger partial charge in [0, 0.05) is 18.7 Å². The summed E-state index contributed by atoms with van der Waals surface area (Å²) in [4.78, 5) is 6.84. The quantitative estimate of drug-likeness (QED) is 0.371. The van der Waals surface area contributed by atoms with Crippen molar-refractivity contribution in [1.82, 2.24) is 20.4 Å². The van der Waals surface area contributed by atoms with Crippen LogP contribution in [0.3, 0.4) is 0 Å². The fraction of sp³-hybridized carbons (Fsp3) is 0.526. The van der Waals surface area contributed by atoms with Crippen molar-refractivity contribution in [2.24, 2.45) is 4.99 Å². The minimum atomic E-state index is 0. The standard InChI is InChI=1S/C19H30N6S.ClH/c1-5-6-12-20-18(21-13-9-14-25(3)4)22-19-24-23-17(26-19)16-11-8-7-10-15(16)2;/h7-8,10-11H,5-6,9,12-14H2,1-4H3,(H2,20,21,22,24);1H. The van der Waals surface area contributed by atoms with Gasteiger partial charge in [-0.15, -0.1) is 22.6 Å². The number of nitrogens with zero attached hydrogens (tertiary/aromatic N) is 4. The van der Waals surface area contributed by atoms with Gasteiger partial charge in [0.1, 0.15) is 5.01 Å². The Labute approximate surface area is 172 Å². The average molecular weight is 411 g/mol. The van der Waals surface area contributed by atoms with Crippen LogP contribution in [0.2, 0.25) is 0 Å². The molecule has 0 bridgehead atoms. The summed E-state index contributed by atoms with van der Waals surface area (Å²) >= 11 is 1.55. The molecule has 150 valence electrons.